The molecule has 0 unspecified atom stereocenters. The molecule has 2 aromatic carbocycles. The second-order valence-electron chi connectivity index (χ2n) is 9.72. The number of ether oxygens (including phenoxy) is 1. The van der Waals surface area contributed by atoms with Crippen LogP contribution in [0, 0.1) is 17.8 Å². The summed E-state index contributed by atoms with van der Waals surface area (Å²) in [5.74, 6) is -1.27. The molecule has 0 bridgehead atoms. The number of hydrogen-bond acceptors (Lipinski definition) is 4. The average Bonchev–Trinajstić information content (AvgIpc) is 3.57. The van der Waals surface area contributed by atoms with Crippen LogP contribution in [0.15, 0.2) is 48.5 Å². The minimum atomic E-state index is -0.788. The van der Waals surface area contributed by atoms with Crippen molar-refractivity contribution in [2.24, 2.45) is 17.8 Å². The van der Waals surface area contributed by atoms with E-state index in [0.29, 0.717) is 19.4 Å². The van der Waals surface area contributed by atoms with Crippen molar-refractivity contribution in [2.45, 2.75) is 44.1 Å². The van der Waals surface area contributed by atoms with Crippen LogP contribution in [0.1, 0.15) is 49.1 Å². The van der Waals surface area contributed by atoms with Gasteiger partial charge >= 0.3 is 12.1 Å². The lowest BCUT2D eigenvalue weighted by atomic mass is 9.85. The normalized spacial score (nSPS) is 25.1. The number of fused-ring (bicyclic) bond motifs is 3. The van der Waals surface area contributed by atoms with Gasteiger partial charge in [0.05, 0.1) is 5.92 Å². The fourth-order valence-electron chi connectivity index (χ4n) is 5.52. The summed E-state index contributed by atoms with van der Waals surface area (Å²) in [6.45, 7) is 0.680. The fraction of sp³-hybridized carbons (Fsp3) is 0.444. The van der Waals surface area contributed by atoms with Gasteiger partial charge < -0.3 is 20.5 Å². The largest absolute Gasteiger partial charge is 0.481 e. The van der Waals surface area contributed by atoms with E-state index in [0.717, 1.165) is 19.3 Å². The summed E-state index contributed by atoms with van der Waals surface area (Å²) in [4.78, 5) is 36.1. The highest BCUT2D eigenvalue weighted by Crippen LogP contribution is 2.44. The van der Waals surface area contributed by atoms with Crippen molar-refractivity contribution in [3.05, 3.63) is 59.7 Å². The molecule has 2 amide bonds. The lowest BCUT2D eigenvalue weighted by Crippen LogP contribution is -2.43. The van der Waals surface area contributed by atoms with E-state index in [4.69, 9.17) is 9.84 Å². The quantitative estimate of drug-likeness (QED) is 0.579. The van der Waals surface area contributed by atoms with Crippen molar-refractivity contribution < 1.29 is 24.2 Å². The highest BCUT2D eigenvalue weighted by Gasteiger charge is 2.43. The van der Waals surface area contributed by atoms with Crippen molar-refractivity contribution >= 4 is 18.0 Å². The predicted molar refractivity (Wildman–Crippen MR) is 126 cm³/mol. The molecule has 3 aliphatic carbocycles. The Balaban J connectivity index is 1.11. The van der Waals surface area contributed by atoms with Gasteiger partial charge in [-0.05, 0) is 53.9 Å². The lowest BCUT2D eigenvalue weighted by Gasteiger charge is -2.29. The minimum absolute atomic E-state index is 0.0140. The molecule has 2 saturated carbocycles. The molecule has 178 valence electrons. The Morgan fingerprint density at radius 2 is 1.62 bits per heavy atom. The van der Waals surface area contributed by atoms with Crippen molar-refractivity contribution in [2.75, 3.05) is 13.2 Å². The van der Waals surface area contributed by atoms with Crippen molar-refractivity contribution in [1.29, 1.82) is 0 Å². The second-order valence-corrected chi connectivity index (χ2v) is 9.72. The molecule has 0 aromatic heterocycles. The van der Waals surface area contributed by atoms with Gasteiger partial charge in [-0.2, -0.15) is 0 Å². The zero-order valence-corrected chi connectivity index (χ0v) is 19.0. The van der Waals surface area contributed by atoms with Crippen LogP contribution in [0.2, 0.25) is 0 Å². The lowest BCUT2D eigenvalue weighted by molar-refractivity contribution is -0.139. The smallest absolute Gasteiger partial charge is 0.407 e. The van der Waals surface area contributed by atoms with Gasteiger partial charge in [-0.25, -0.2) is 4.79 Å². The fourth-order valence-corrected chi connectivity index (χ4v) is 5.52. The number of carbonyl (C=O) groups excluding carboxylic acids is 2. The number of alkyl carbamates (subject to hydrolysis) is 1. The van der Waals surface area contributed by atoms with Crippen molar-refractivity contribution in [1.82, 2.24) is 10.6 Å². The summed E-state index contributed by atoms with van der Waals surface area (Å²) in [6.07, 6.45) is 3.21. The number of nitrogens with one attached hydrogen (secondary N) is 2. The maximum atomic E-state index is 12.6. The third-order valence-electron chi connectivity index (χ3n) is 7.49. The summed E-state index contributed by atoms with van der Waals surface area (Å²) in [5.41, 5.74) is 4.72. The molecule has 0 aliphatic heterocycles. The standard InChI is InChI=1S/C27H30N2O5/c30-25(28-14-17-13-23(17)26(31)32)16-6-5-7-18(12-16)29-27(33)34-15-24-21-10-3-1-8-19(21)20-9-2-4-11-22(20)24/h1-4,8-11,16-18,23-24H,5-7,12-15H2,(H,28,30)(H,29,33)(H,31,32)/t16-,17-,18-,23-/m1/s1. The second kappa shape index (κ2) is 9.49. The third kappa shape index (κ3) is 4.65. The average molecular weight is 463 g/mol. The SMILES string of the molecule is O=C(N[C@@H]1CCC[C@@H](C(=O)NC[C@H]2C[C@H]2C(=O)O)C1)OCC1c2ccccc2-c2ccccc21. The van der Waals surface area contributed by atoms with Gasteiger partial charge in [-0.15, -0.1) is 0 Å². The Morgan fingerprint density at radius 1 is 0.941 bits per heavy atom. The van der Waals surface area contributed by atoms with E-state index in [2.05, 4.69) is 34.9 Å². The van der Waals surface area contributed by atoms with E-state index in [-0.39, 0.29) is 42.2 Å². The third-order valence-corrected chi connectivity index (χ3v) is 7.49. The van der Waals surface area contributed by atoms with Gasteiger partial charge in [0, 0.05) is 24.4 Å². The molecule has 2 aromatic rings. The number of amides is 2. The molecule has 34 heavy (non-hydrogen) atoms. The van der Waals surface area contributed by atoms with Crippen LogP contribution in [-0.4, -0.2) is 42.3 Å². The van der Waals surface area contributed by atoms with Crippen LogP contribution in [0.3, 0.4) is 0 Å². The maximum absolute atomic E-state index is 12.6. The zero-order chi connectivity index (χ0) is 23.7. The molecular weight excluding hydrogens is 432 g/mol. The highest BCUT2D eigenvalue weighted by atomic mass is 16.5. The Kier molecular flexibility index (Phi) is 6.26. The number of aliphatic carboxylic acids is 1. The molecule has 2 fully saturated rings. The van der Waals surface area contributed by atoms with Crippen LogP contribution < -0.4 is 10.6 Å². The molecule has 3 N–H and O–H groups in total. The number of benzene rings is 2. The Morgan fingerprint density at radius 3 is 2.26 bits per heavy atom. The summed E-state index contributed by atoms with van der Waals surface area (Å²) < 4.78 is 5.65. The van der Waals surface area contributed by atoms with E-state index in [1.165, 1.54) is 22.3 Å². The molecular formula is C27H30N2O5. The molecule has 3 aliphatic rings. The van der Waals surface area contributed by atoms with Gasteiger partial charge in [0.25, 0.3) is 0 Å². The molecule has 4 atom stereocenters. The van der Waals surface area contributed by atoms with E-state index >= 15 is 0 Å². The first-order valence-corrected chi connectivity index (χ1v) is 12.1. The van der Waals surface area contributed by atoms with E-state index in [9.17, 15) is 14.4 Å². The van der Waals surface area contributed by atoms with Crippen LogP contribution in [0.4, 0.5) is 4.79 Å². The van der Waals surface area contributed by atoms with Gasteiger partial charge in [-0.1, -0.05) is 55.0 Å². The molecule has 0 radical (unpaired) electrons. The number of hydrogen-bond donors (Lipinski definition) is 3. The molecule has 0 spiro atoms. The number of rotatable bonds is 7. The van der Waals surface area contributed by atoms with Gasteiger partial charge in [-0.3, -0.25) is 9.59 Å². The Bertz CT molecular complexity index is 1050. The van der Waals surface area contributed by atoms with E-state index in [1.807, 2.05) is 24.3 Å². The summed E-state index contributed by atoms with van der Waals surface area (Å²) in [5, 5.41) is 14.9. The first kappa shape index (κ1) is 22.4. The molecule has 7 nitrogen and oxygen atoms in total. The van der Waals surface area contributed by atoms with Crippen molar-refractivity contribution in [3.63, 3.8) is 0 Å². The minimum Gasteiger partial charge on any atom is -0.481 e. The van der Waals surface area contributed by atoms with Crippen LogP contribution in [-0.2, 0) is 14.3 Å². The summed E-state index contributed by atoms with van der Waals surface area (Å²) in [6, 6.07) is 16.4. The molecule has 7 heteroatoms. The molecule has 5 rings (SSSR count). The van der Waals surface area contributed by atoms with Crippen molar-refractivity contribution in [3.8, 4) is 11.1 Å². The van der Waals surface area contributed by atoms with E-state index in [1.54, 1.807) is 0 Å². The van der Waals surface area contributed by atoms with Crippen LogP contribution >= 0.6 is 0 Å². The van der Waals surface area contributed by atoms with Gasteiger partial charge in [0.1, 0.15) is 6.61 Å². The van der Waals surface area contributed by atoms with Gasteiger partial charge in [0.2, 0.25) is 5.91 Å². The van der Waals surface area contributed by atoms with E-state index < -0.39 is 12.1 Å². The Hall–Kier alpha value is -3.35. The summed E-state index contributed by atoms with van der Waals surface area (Å²) >= 11 is 0. The molecule has 0 heterocycles. The topological polar surface area (TPSA) is 105 Å². The van der Waals surface area contributed by atoms with Crippen LogP contribution in [0.25, 0.3) is 11.1 Å². The highest BCUT2D eigenvalue weighted by molar-refractivity contribution is 5.80. The van der Waals surface area contributed by atoms with Gasteiger partial charge in [0.15, 0.2) is 0 Å². The summed E-state index contributed by atoms with van der Waals surface area (Å²) in [7, 11) is 0. The van der Waals surface area contributed by atoms with Crippen LogP contribution in [0.5, 0.6) is 0 Å². The maximum Gasteiger partial charge on any atom is 0.407 e. The zero-order valence-electron chi connectivity index (χ0n) is 19.0. The first-order chi connectivity index (χ1) is 16.5. The number of carbonyl (C=O) groups is 3. The number of carboxylic acid groups (broad SMARTS) is 1. The Labute approximate surface area is 198 Å². The molecule has 0 saturated heterocycles. The number of carboxylic acids is 1. The first-order valence-electron chi connectivity index (χ1n) is 12.1. The predicted octanol–water partition coefficient (Wildman–Crippen LogP) is 3.92. The monoisotopic (exact) mass is 462 g/mol.